The highest BCUT2D eigenvalue weighted by atomic mass is 79.9. The van der Waals surface area contributed by atoms with Crippen LogP contribution >= 0.6 is 27.3 Å². The molecule has 19 heavy (non-hydrogen) atoms. The van der Waals surface area contributed by atoms with Crippen LogP contribution in [0.1, 0.15) is 10.4 Å². The van der Waals surface area contributed by atoms with E-state index in [1.807, 2.05) is 6.07 Å². The van der Waals surface area contributed by atoms with Crippen LogP contribution < -0.4 is 5.32 Å². The van der Waals surface area contributed by atoms with Crippen LogP contribution in [0.25, 0.3) is 0 Å². The van der Waals surface area contributed by atoms with Crippen molar-refractivity contribution >= 4 is 38.3 Å². The zero-order valence-corrected chi connectivity index (χ0v) is 12.6. The summed E-state index contributed by atoms with van der Waals surface area (Å²) in [4.78, 5) is 21.0. The highest BCUT2D eigenvalue weighted by molar-refractivity contribution is 9.10. The molecule has 0 aliphatic heterocycles. The fraction of sp³-hybridized carbons (Fsp3) is 0.250. The summed E-state index contributed by atoms with van der Waals surface area (Å²) in [7, 11) is 1.62. The highest BCUT2D eigenvalue weighted by Crippen LogP contribution is 2.19. The average molecular weight is 342 g/mol. The number of anilines is 1. The summed E-state index contributed by atoms with van der Waals surface area (Å²) in [5, 5.41) is 3.34. The molecule has 0 unspecified atom stereocenters. The molecule has 0 fully saturated rings. The summed E-state index contributed by atoms with van der Waals surface area (Å²) in [6.07, 6.45) is 3.63. The molecule has 0 aromatic carbocycles. The van der Waals surface area contributed by atoms with Crippen molar-refractivity contribution in [3.8, 4) is 0 Å². The number of ether oxygens (including phenoxy) is 1. The van der Waals surface area contributed by atoms with E-state index in [1.54, 1.807) is 25.6 Å². The van der Waals surface area contributed by atoms with Crippen LogP contribution in [0.2, 0.25) is 0 Å². The van der Waals surface area contributed by atoms with E-state index in [-0.39, 0.29) is 12.3 Å². The molecule has 5 nitrogen and oxygen atoms in total. The van der Waals surface area contributed by atoms with Gasteiger partial charge in [0.1, 0.15) is 4.60 Å². The monoisotopic (exact) mass is 341 g/mol. The summed E-state index contributed by atoms with van der Waals surface area (Å²) >= 11 is 4.72. The molecule has 0 saturated heterocycles. The van der Waals surface area contributed by atoms with Crippen molar-refractivity contribution in [3.63, 3.8) is 0 Å². The molecule has 2 aromatic rings. The fourth-order valence-corrected chi connectivity index (χ4v) is 2.65. The lowest BCUT2D eigenvalue weighted by atomic mass is 10.2. The summed E-state index contributed by atoms with van der Waals surface area (Å²) in [5.74, 6) is -0.119. The minimum absolute atomic E-state index is 0.119. The van der Waals surface area contributed by atoms with Gasteiger partial charge in [0.25, 0.3) is 0 Å². The number of methoxy groups -OCH3 is 1. The molecule has 0 aliphatic carbocycles. The Morgan fingerprint density at radius 3 is 3.11 bits per heavy atom. The Kier molecular flexibility index (Phi) is 5.00. The molecular formula is C12H12BrN3O2S. The van der Waals surface area contributed by atoms with Crippen molar-refractivity contribution in [2.45, 2.75) is 13.0 Å². The summed E-state index contributed by atoms with van der Waals surface area (Å²) in [5.41, 5.74) is 0.841. The second-order valence-electron chi connectivity index (χ2n) is 3.74. The van der Waals surface area contributed by atoms with Crippen LogP contribution in [0.15, 0.2) is 29.1 Å². The van der Waals surface area contributed by atoms with E-state index in [2.05, 4.69) is 31.2 Å². The minimum atomic E-state index is -0.119. The molecule has 0 aliphatic rings. The first-order chi connectivity index (χ1) is 9.19. The van der Waals surface area contributed by atoms with Crippen LogP contribution in [0.4, 0.5) is 5.13 Å². The zero-order valence-electron chi connectivity index (χ0n) is 10.2. The molecule has 2 heterocycles. The number of carbonyl (C=O) groups is 1. The van der Waals surface area contributed by atoms with Crippen LogP contribution in [0, 0.1) is 0 Å². The highest BCUT2D eigenvalue weighted by Gasteiger charge is 2.09. The molecule has 0 bridgehead atoms. The van der Waals surface area contributed by atoms with Crippen molar-refractivity contribution in [2.24, 2.45) is 0 Å². The van der Waals surface area contributed by atoms with Crippen LogP contribution in [-0.4, -0.2) is 23.0 Å². The smallest absolute Gasteiger partial charge is 0.230 e. The molecule has 100 valence electrons. The van der Waals surface area contributed by atoms with Gasteiger partial charge >= 0.3 is 0 Å². The van der Waals surface area contributed by atoms with Gasteiger partial charge in [-0.3, -0.25) is 4.79 Å². The Bertz CT molecular complexity index is 574. The number of nitrogens with zero attached hydrogens (tertiary/aromatic N) is 2. The number of pyridine rings is 1. The van der Waals surface area contributed by atoms with Gasteiger partial charge in [0.15, 0.2) is 5.13 Å². The van der Waals surface area contributed by atoms with Crippen LogP contribution in [-0.2, 0) is 22.6 Å². The molecule has 1 N–H and O–H groups in total. The number of hydrogen-bond acceptors (Lipinski definition) is 5. The first-order valence-corrected chi connectivity index (χ1v) is 7.13. The summed E-state index contributed by atoms with van der Waals surface area (Å²) in [6.45, 7) is 0.502. The molecular weight excluding hydrogens is 330 g/mol. The lowest BCUT2D eigenvalue weighted by molar-refractivity contribution is -0.115. The number of rotatable bonds is 5. The van der Waals surface area contributed by atoms with Gasteiger partial charge in [-0.25, -0.2) is 9.97 Å². The Morgan fingerprint density at radius 1 is 1.53 bits per heavy atom. The van der Waals surface area contributed by atoms with Gasteiger partial charge in [-0.05, 0) is 27.6 Å². The Balaban J connectivity index is 1.95. The van der Waals surface area contributed by atoms with Crippen molar-refractivity contribution < 1.29 is 9.53 Å². The number of hydrogen-bond donors (Lipinski definition) is 1. The van der Waals surface area contributed by atoms with Crippen molar-refractivity contribution in [1.82, 2.24) is 9.97 Å². The Morgan fingerprint density at radius 2 is 2.37 bits per heavy atom. The second-order valence-corrected chi connectivity index (χ2v) is 5.61. The van der Waals surface area contributed by atoms with Crippen LogP contribution in [0.3, 0.4) is 0 Å². The molecule has 1 amide bonds. The second kappa shape index (κ2) is 6.74. The molecule has 7 heteroatoms. The van der Waals surface area contributed by atoms with Gasteiger partial charge < -0.3 is 10.1 Å². The summed E-state index contributed by atoms with van der Waals surface area (Å²) in [6, 6.07) is 3.66. The third-order valence-electron chi connectivity index (χ3n) is 2.27. The quantitative estimate of drug-likeness (QED) is 0.849. The third-order valence-corrected chi connectivity index (χ3v) is 3.87. The maximum absolute atomic E-state index is 11.9. The van der Waals surface area contributed by atoms with Crippen LogP contribution in [0.5, 0.6) is 0 Å². The first-order valence-electron chi connectivity index (χ1n) is 5.52. The van der Waals surface area contributed by atoms with Gasteiger partial charge in [-0.15, -0.1) is 0 Å². The SMILES string of the molecule is COCc1cnc(NC(=O)Cc2cccnc2Br)s1. The molecule has 2 aromatic heterocycles. The van der Waals surface area contributed by atoms with Gasteiger partial charge in [0.2, 0.25) is 5.91 Å². The topological polar surface area (TPSA) is 64.1 Å². The maximum atomic E-state index is 11.9. The lowest BCUT2D eigenvalue weighted by Crippen LogP contribution is -2.14. The Hall–Kier alpha value is -1.31. The number of nitrogens with one attached hydrogen (secondary N) is 1. The number of amides is 1. The average Bonchev–Trinajstić information content (AvgIpc) is 2.80. The predicted molar refractivity (Wildman–Crippen MR) is 77.1 cm³/mol. The number of carbonyl (C=O) groups excluding carboxylic acids is 1. The molecule has 0 atom stereocenters. The van der Waals surface area contributed by atoms with E-state index in [0.717, 1.165) is 10.4 Å². The van der Waals surface area contributed by atoms with Crippen molar-refractivity contribution in [3.05, 3.63) is 39.6 Å². The predicted octanol–water partition coefficient (Wildman–Crippen LogP) is 2.63. The van der Waals surface area contributed by atoms with E-state index in [0.29, 0.717) is 16.3 Å². The molecule has 2 rings (SSSR count). The normalized spacial score (nSPS) is 10.4. The fourth-order valence-electron chi connectivity index (χ4n) is 1.46. The zero-order chi connectivity index (χ0) is 13.7. The van der Waals surface area contributed by atoms with Gasteiger partial charge in [0.05, 0.1) is 17.9 Å². The third kappa shape index (κ3) is 4.09. The van der Waals surface area contributed by atoms with E-state index < -0.39 is 0 Å². The molecule has 0 saturated carbocycles. The number of aromatic nitrogens is 2. The van der Waals surface area contributed by atoms with E-state index >= 15 is 0 Å². The number of halogens is 1. The molecule has 0 radical (unpaired) electrons. The van der Waals surface area contributed by atoms with Crippen molar-refractivity contribution in [1.29, 1.82) is 0 Å². The van der Waals surface area contributed by atoms with Gasteiger partial charge in [-0.2, -0.15) is 0 Å². The van der Waals surface area contributed by atoms with E-state index in [4.69, 9.17) is 4.74 Å². The standard InChI is InChI=1S/C12H12BrN3O2S/c1-18-7-9-6-15-12(19-9)16-10(17)5-8-3-2-4-14-11(8)13/h2-4,6H,5,7H2,1H3,(H,15,16,17). The van der Waals surface area contributed by atoms with E-state index in [9.17, 15) is 4.79 Å². The first kappa shape index (κ1) is 14.1. The van der Waals surface area contributed by atoms with Crippen molar-refractivity contribution in [2.75, 3.05) is 12.4 Å². The van der Waals surface area contributed by atoms with E-state index in [1.165, 1.54) is 11.3 Å². The van der Waals surface area contributed by atoms with Gasteiger partial charge in [0, 0.05) is 19.5 Å². The lowest BCUT2D eigenvalue weighted by Gasteiger charge is -2.03. The maximum Gasteiger partial charge on any atom is 0.230 e. The number of thiazole rings is 1. The Labute approximate surface area is 123 Å². The minimum Gasteiger partial charge on any atom is -0.379 e. The molecule has 0 spiro atoms. The van der Waals surface area contributed by atoms with Gasteiger partial charge in [-0.1, -0.05) is 17.4 Å². The largest absolute Gasteiger partial charge is 0.379 e. The summed E-state index contributed by atoms with van der Waals surface area (Å²) < 4.78 is 5.69.